The summed E-state index contributed by atoms with van der Waals surface area (Å²) in [7, 11) is 1.83. The highest BCUT2D eigenvalue weighted by atomic mass is 19.4. The Morgan fingerprint density at radius 2 is 1.93 bits per heavy atom. The SMILES string of the molecule is C[C@@H]1CN(Cc2cc(C(F)(F)F)c3cn(-c4cccc(C5(c6nncn6C)CC(CC#N)C5)c4)c(=O)n3c2)CCC1(F)F. The molecule has 3 aromatic heterocycles. The zero-order valence-corrected chi connectivity index (χ0v) is 23.7. The number of aromatic nitrogens is 5. The van der Waals surface area contributed by atoms with Gasteiger partial charge in [-0.1, -0.05) is 19.1 Å². The van der Waals surface area contributed by atoms with Crippen molar-refractivity contribution >= 4 is 5.52 Å². The molecule has 0 spiro atoms. The van der Waals surface area contributed by atoms with Gasteiger partial charge in [-0.2, -0.15) is 18.4 Å². The van der Waals surface area contributed by atoms with Gasteiger partial charge in [-0.3, -0.25) is 13.9 Å². The van der Waals surface area contributed by atoms with E-state index in [4.69, 9.17) is 0 Å². The molecule has 0 unspecified atom stereocenters. The van der Waals surface area contributed by atoms with Crippen LogP contribution in [0.25, 0.3) is 11.2 Å². The molecule has 0 bridgehead atoms. The minimum absolute atomic E-state index is 0.0105. The van der Waals surface area contributed by atoms with Crippen molar-refractivity contribution in [1.29, 1.82) is 5.26 Å². The van der Waals surface area contributed by atoms with E-state index in [1.165, 1.54) is 23.9 Å². The molecule has 1 saturated carbocycles. The first-order chi connectivity index (χ1) is 20.3. The molecule has 1 aromatic carbocycles. The minimum Gasteiger partial charge on any atom is -0.320 e. The third kappa shape index (κ3) is 5.01. The molecule has 2 aliphatic rings. The Morgan fingerprint density at radius 3 is 2.58 bits per heavy atom. The highest BCUT2D eigenvalue weighted by molar-refractivity contribution is 5.58. The number of nitrogens with zero attached hydrogens (tertiary/aromatic N) is 7. The number of pyridine rings is 1. The van der Waals surface area contributed by atoms with Gasteiger partial charge in [0.05, 0.1) is 28.3 Å². The number of likely N-dealkylation sites (tertiary alicyclic amines) is 1. The van der Waals surface area contributed by atoms with Gasteiger partial charge in [0.2, 0.25) is 0 Å². The molecule has 13 heteroatoms. The van der Waals surface area contributed by atoms with Crippen molar-refractivity contribution in [3.8, 4) is 11.8 Å². The predicted octanol–water partition coefficient (Wildman–Crippen LogP) is 5.32. The molecule has 2 fully saturated rings. The molecule has 4 aromatic rings. The number of aryl methyl sites for hydroxylation is 1. The topological polar surface area (TPSA) is 84.2 Å². The number of alkyl halides is 5. The van der Waals surface area contributed by atoms with E-state index in [1.54, 1.807) is 29.4 Å². The van der Waals surface area contributed by atoms with Crippen molar-refractivity contribution in [2.75, 3.05) is 13.1 Å². The Balaban J connectivity index is 1.40. The van der Waals surface area contributed by atoms with Gasteiger partial charge in [0.1, 0.15) is 12.2 Å². The lowest BCUT2D eigenvalue weighted by molar-refractivity contribution is -0.136. The lowest BCUT2D eigenvalue weighted by Crippen LogP contribution is -2.45. The summed E-state index contributed by atoms with van der Waals surface area (Å²) in [6, 6.07) is 10.3. The van der Waals surface area contributed by atoms with Gasteiger partial charge in [0.25, 0.3) is 5.92 Å². The maximum absolute atomic E-state index is 14.3. The van der Waals surface area contributed by atoms with Crippen LogP contribution in [0.4, 0.5) is 22.0 Å². The summed E-state index contributed by atoms with van der Waals surface area (Å²) < 4.78 is 74.8. The zero-order chi connectivity index (χ0) is 30.7. The number of imidazole rings is 1. The lowest BCUT2D eigenvalue weighted by atomic mass is 9.57. The molecule has 0 amide bonds. The number of halogens is 5. The fourth-order valence-electron chi connectivity index (χ4n) is 6.73. The van der Waals surface area contributed by atoms with Crippen LogP contribution >= 0.6 is 0 Å². The molecule has 1 atom stereocenters. The van der Waals surface area contributed by atoms with Crippen molar-refractivity contribution < 1.29 is 22.0 Å². The maximum Gasteiger partial charge on any atom is 0.418 e. The van der Waals surface area contributed by atoms with E-state index in [1.807, 2.05) is 17.7 Å². The Hall–Kier alpha value is -4.05. The molecule has 1 aliphatic carbocycles. The fourth-order valence-corrected chi connectivity index (χ4v) is 6.73. The summed E-state index contributed by atoms with van der Waals surface area (Å²) in [6.45, 7) is 1.52. The fraction of sp³-hybridized carbons (Fsp3) is 0.467. The summed E-state index contributed by atoms with van der Waals surface area (Å²) in [5, 5.41) is 17.6. The molecular formula is C30H30F5N7O. The Morgan fingerprint density at radius 1 is 1.16 bits per heavy atom. The average Bonchev–Trinajstić information content (AvgIpc) is 3.50. The number of hydrogen-bond acceptors (Lipinski definition) is 5. The van der Waals surface area contributed by atoms with Crippen molar-refractivity contribution in [2.24, 2.45) is 18.9 Å². The van der Waals surface area contributed by atoms with Gasteiger partial charge in [-0.05, 0) is 48.1 Å². The summed E-state index contributed by atoms with van der Waals surface area (Å²) in [4.78, 5) is 15.3. The Bertz CT molecular complexity index is 1770. The van der Waals surface area contributed by atoms with Gasteiger partial charge in [-0.25, -0.2) is 13.6 Å². The molecule has 226 valence electrons. The van der Waals surface area contributed by atoms with Crippen LogP contribution in [0.1, 0.15) is 55.1 Å². The Kier molecular flexibility index (Phi) is 6.95. The quantitative estimate of drug-likeness (QED) is 0.280. The Labute approximate surface area is 244 Å². The molecule has 0 N–H and O–H groups in total. The molecule has 8 nitrogen and oxygen atoms in total. The van der Waals surface area contributed by atoms with E-state index >= 15 is 0 Å². The number of benzene rings is 1. The first-order valence-corrected chi connectivity index (χ1v) is 14.1. The largest absolute Gasteiger partial charge is 0.418 e. The highest BCUT2D eigenvalue weighted by Crippen LogP contribution is 2.53. The maximum atomic E-state index is 14.3. The van der Waals surface area contributed by atoms with Crippen molar-refractivity contribution in [3.63, 3.8) is 0 Å². The molecule has 43 heavy (non-hydrogen) atoms. The highest BCUT2D eigenvalue weighted by Gasteiger charge is 2.50. The van der Waals surface area contributed by atoms with Crippen molar-refractivity contribution in [2.45, 2.75) is 56.7 Å². The van der Waals surface area contributed by atoms with Crippen LogP contribution in [-0.4, -0.2) is 47.6 Å². The lowest BCUT2D eigenvalue weighted by Gasteiger charge is -2.46. The van der Waals surface area contributed by atoms with Crippen molar-refractivity contribution in [3.05, 3.63) is 82.1 Å². The number of nitriles is 1. The van der Waals surface area contributed by atoms with E-state index in [2.05, 4.69) is 16.3 Å². The number of fused-ring (bicyclic) bond motifs is 1. The van der Waals surface area contributed by atoms with Crippen LogP contribution < -0.4 is 5.69 Å². The van der Waals surface area contributed by atoms with Gasteiger partial charge < -0.3 is 4.57 Å². The predicted molar refractivity (Wildman–Crippen MR) is 147 cm³/mol. The molecule has 1 saturated heterocycles. The molecule has 0 radical (unpaired) electrons. The van der Waals surface area contributed by atoms with Crippen LogP contribution in [0.2, 0.25) is 0 Å². The number of hydrogen-bond donors (Lipinski definition) is 0. The average molecular weight is 600 g/mol. The zero-order valence-electron chi connectivity index (χ0n) is 23.7. The number of piperidine rings is 1. The van der Waals surface area contributed by atoms with Gasteiger partial charge in [-0.15, -0.1) is 10.2 Å². The summed E-state index contributed by atoms with van der Waals surface area (Å²) in [5.74, 6) is -2.88. The first-order valence-electron chi connectivity index (χ1n) is 14.1. The monoisotopic (exact) mass is 599 g/mol. The number of rotatable bonds is 6. The minimum atomic E-state index is -4.75. The summed E-state index contributed by atoms with van der Waals surface area (Å²) in [5.41, 5.74) is -1.08. The van der Waals surface area contributed by atoms with Crippen LogP contribution in [0.3, 0.4) is 0 Å². The summed E-state index contributed by atoms with van der Waals surface area (Å²) >= 11 is 0. The second-order valence-corrected chi connectivity index (χ2v) is 12.0. The third-order valence-corrected chi connectivity index (χ3v) is 9.02. The van der Waals surface area contributed by atoms with Crippen LogP contribution in [-0.2, 0) is 25.2 Å². The van der Waals surface area contributed by atoms with Gasteiger partial charge in [0.15, 0.2) is 0 Å². The second-order valence-electron chi connectivity index (χ2n) is 12.0. The van der Waals surface area contributed by atoms with E-state index in [9.17, 15) is 32.0 Å². The second kappa shape index (κ2) is 10.3. The molecular weight excluding hydrogens is 569 g/mol. The smallest absolute Gasteiger partial charge is 0.320 e. The molecule has 6 rings (SSSR count). The van der Waals surface area contributed by atoms with E-state index in [0.29, 0.717) is 30.8 Å². The van der Waals surface area contributed by atoms with E-state index < -0.39 is 34.7 Å². The third-order valence-electron chi connectivity index (χ3n) is 9.02. The van der Waals surface area contributed by atoms with E-state index in [0.717, 1.165) is 16.0 Å². The summed E-state index contributed by atoms with van der Waals surface area (Å²) in [6.07, 6.45) is 0.706. The van der Waals surface area contributed by atoms with Gasteiger partial charge in [0, 0.05) is 57.8 Å². The standard InChI is InChI=1S/C30H30F5N7O/c1-19-14-40(9-7-29(19,31)32)15-21-10-24(30(33,34)35)25-17-41(27(43)42(25)16-21)23-5-3-4-22(11-23)28(12-20(13-28)6-8-36)26-38-37-18-39(26)2/h3-5,10-11,16-20H,6-7,9,12-15H2,1-2H3/t19-,20?,28?/m1/s1. The van der Waals surface area contributed by atoms with Crippen molar-refractivity contribution in [1.82, 2.24) is 28.6 Å². The van der Waals surface area contributed by atoms with Crippen LogP contribution in [0, 0.1) is 23.2 Å². The van der Waals surface area contributed by atoms with E-state index in [-0.39, 0.29) is 43.1 Å². The van der Waals surface area contributed by atoms with Crippen LogP contribution in [0.15, 0.2) is 53.8 Å². The first kappa shape index (κ1) is 29.0. The van der Waals surface area contributed by atoms with Gasteiger partial charge >= 0.3 is 11.9 Å². The molecule has 4 heterocycles. The van der Waals surface area contributed by atoms with Crippen LogP contribution in [0.5, 0.6) is 0 Å². The normalized spacial score (nSPS) is 24.1. The molecule has 1 aliphatic heterocycles.